The Hall–Kier alpha value is -1.74. The topological polar surface area (TPSA) is 73.8 Å². The Morgan fingerprint density at radius 1 is 1.35 bits per heavy atom. The molecule has 2 rings (SSSR count). The van der Waals surface area contributed by atoms with Crippen LogP contribution in [-0.2, 0) is 16.6 Å². The highest BCUT2D eigenvalue weighted by Gasteiger charge is 2.27. The first kappa shape index (κ1) is 17.6. The number of aliphatic imine (C=N–C) groups is 1. The van der Waals surface area contributed by atoms with Crippen molar-refractivity contribution in [2.24, 2.45) is 4.99 Å². The van der Waals surface area contributed by atoms with Crippen molar-refractivity contribution in [1.29, 1.82) is 0 Å². The molecule has 128 valence electrons. The first-order chi connectivity index (χ1) is 10.9. The first-order valence-electron chi connectivity index (χ1n) is 7.28. The van der Waals surface area contributed by atoms with Crippen LogP contribution in [-0.4, -0.2) is 51.1 Å². The maximum Gasteiger partial charge on any atom is 0.214 e. The zero-order valence-electron chi connectivity index (χ0n) is 12.8. The second-order valence-corrected chi connectivity index (χ2v) is 7.25. The van der Waals surface area contributed by atoms with E-state index >= 15 is 0 Å². The third-order valence-electron chi connectivity index (χ3n) is 3.53. The van der Waals surface area contributed by atoms with Crippen LogP contribution in [0.15, 0.2) is 23.2 Å². The molecule has 0 unspecified atom stereocenters. The molecule has 6 nitrogen and oxygen atoms in total. The highest BCUT2D eigenvalue weighted by Crippen LogP contribution is 2.12. The molecule has 0 spiro atoms. The number of halogens is 2. The molecule has 1 heterocycles. The van der Waals surface area contributed by atoms with Crippen molar-refractivity contribution in [3.63, 3.8) is 0 Å². The van der Waals surface area contributed by atoms with E-state index in [0.717, 1.165) is 18.2 Å². The summed E-state index contributed by atoms with van der Waals surface area (Å²) in [4.78, 5) is 3.97. The summed E-state index contributed by atoms with van der Waals surface area (Å²) in [6, 6.07) is 3.25. The van der Waals surface area contributed by atoms with Crippen LogP contribution in [0, 0.1) is 11.6 Å². The molecule has 1 aliphatic heterocycles. The summed E-state index contributed by atoms with van der Waals surface area (Å²) < 4.78 is 51.4. The number of hydrogen-bond acceptors (Lipinski definition) is 3. The molecule has 1 saturated heterocycles. The molecule has 23 heavy (non-hydrogen) atoms. The lowest BCUT2D eigenvalue weighted by molar-refractivity contribution is 0.445. The van der Waals surface area contributed by atoms with Crippen molar-refractivity contribution in [3.8, 4) is 0 Å². The minimum absolute atomic E-state index is 0.0747. The van der Waals surface area contributed by atoms with Crippen LogP contribution in [0.4, 0.5) is 8.78 Å². The molecule has 0 atom stereocenters. The van der Waals surface area contributed by atoms with Crippen LogP contribution in [0.25, 0.3) is 0 Å². The van der Waals surface area contributed by atoms with Gasteiger partial charge in [-0.25, -0.2) is 21.5 Å². The highest BCUT2D eigenvalue weighted by atomic mass is 32.2. The molecule has 0 aliphatic carbocycles. The Morgan fingerprint density at radius 3 is 2.78 bits per heavy atom. The van der Waals surface area contributed by atoms with Gasteiger partial charge in [0.1, 0.15) is 11.6 Å². The molecule has 2 N–H and O–H groups in total. The van der Waals surface area contributed by atoms with E-state index in [1.54, 1.807) is 7.05 Å². The lowest BCUT2D eigenvalue weighted by atomic mass is 10.2. The molecule has 1 aliphatic rings. The fourth-order valence-electron chi connectivity index (χ4n) is 2.32. The SMILES string of the molecule is CN=C(NCCN1CCCS1(=O)=O)NCc1cc(F)ccc1F. The molecule has 9 heteroatoms. The van der Waals surface area contributed by atoms with Crippen molar-refractivity contribution in [1.82, 2.24) is 14.9 Å². The molecule has 1 aromatic rings. The molecule has 0 amide bonds. The van der Waals surface area contributed by atoms with Gasteiger partial charge in [0.15, 0.2) is 5.96 Å². The fraction of sp³-hybridized carbons (Fsp3) is 0.500. The van der Waals surface area contributed by atoms with Crippen LogP contribution >= 0.6 is 0 Å². The van der Waals surface area contributed by atoms with Gasteiger partial charge in [0.05, 0.1) is 5.75 Å². The predicted molar refractivity (Wildman–Crippen MR) is 84.5 cm³/mol. The average molecular weight is 346 g/mol. The summed E-state index contributed by atoms with van der Waals surface area (Å²) in [6.45, 7) is 1.33. The van der Waals surface area contributed by atoms with Gasteiger partial charge < -0.3 is 10.6 Å². The van der Waals surface area contributed by atoms with Gasteiger partial charge >= 0.3 is 0 Å². The number of nitrogens with zero attached hydrogens (tertiary/aromatic N) is 2. The normalized spacial score (nSPS) is 18.1. The van der Waals surface area contributed by atoms with E-state index in [4.69, 9.17) is 0 Å². The van der Waals surface area contributed by atoms with Crippen LogP contribution in [0.2, 0.25) is 0 Å². The van der Waals surface area contributed by atoms with Gasteiger partial charge in [-0.1, -0.05) is 0 Å². The molecule has 0 radical (unpaired) electrons. The van der Waals surface area contributed by atoms with Crippen LogP contribution in [0.1, 0.15) is 12.0 Å². The second kappa shape index (κ2) is 7.69. The molecule has 0 saturated carbocycles. The summed E-state index contributed by atoms with van der Waals surface area (Å²) in [5.41, 5.74) is 0.190. The number of benzene rings is 1. The smallest absolute Gasteiger partial charge is 0.214 e. The standard InChI is InChI=1S/C14H20F2N4O2S/c1-17-14(18-5-7-20-6-2-8-23(20,21)22)19-10-11-9-12(15)3-4-13(11)16/h3-4,9H,2,5-8,10H2,1H3,(H2,17,18,19). The zero-order chi connectivity index (χ0) is 16.9. The number of guanidine groups is 1. The number of rotatable bonds is 5. The molecular formula is C14H20F2N4O2S. The zero-order valence-corrected chi connectivity index (χ0v) is 13.7. The minimum Gasteiger partial charge on any atom is -0.355 e. The second-order valence-electron chi connectivity index (χ2n) is 5.16. The molecule has 0 aromatic heterocycles. The Balaban J connectivity index is 1.81. The largest absolute Gasteiger partial charge is 0.355 e. The van der Waals surface area contributed by atoms with Crippen molar-refractivity contribution in [3.05, 3.63) is 35.4 Å². The van der Waals surface area contributed by atoms with E-state index < -0.39 is 21.7 Å². The van der Waals surface area contributed by atoms with E-state index in [1.165, 1.54) is 4.31 Å². The van der Waals surface area contributed by atoms with Gasteiger partial charge in [0, 0.05) is 38.8 Å². The van der Waals surface area contributed by atoms with E-state index in [2.05, 4.69) is 15.6 Å². The lowest BCUT2D eigenvalue weighted by Crippen LogP contribution is -2.41. The van der Waals surface area contributed by atoms with E-state index in [1.807, 2.05) is 0 Å². The number of sulfonamides is 1. The van der Waals surface area contributed by atoms with Gasteiger partial charge in [-0.2, -0.15) is 0 Å². The first-order valence-corrected chi connectivity index (χ1v) is 8.89. The third-order valence-corrected chi connectivity index (χ3v) is 5.49. The predicted octanol–water partition coefficient (Wildman–Crippen LogP) is 0.665. The maximum absolute atomic E-state index is 13.5. The van der Waals surface area contributed by atoms with Crippen molar-refractivity contribution >= 4 is 16.0 Å². The van der Waals surface area contributed by atoms with Gasteiger partial charge in [-0.15, -0.1) is 0 Å². The van der Waals surface area contributed by atoms with Crippen molar-refractivity contribution in [2.45, 2.75) is 13.0 Å². The van der Waals surface area contributed by atoms with E-state index in [-0.39, 0.29) is 17.9 Å². The summed E-state index contributed by atoms with van der Waals surface area (Å²) in [6.07, 6.45) is 0.647. The Labute approximate surface area is 134 Å². The van der Waals surface area contributed by atoms with Crippen molar-refractivity contribution in [2.75, 3.05) is 32.4 Å². The van der Waals surface area contributed by atoms with Gasteiger partial charge in [0.25, 0.3) is 0 Å². The molecule has 0 bridgehead atoms. The maximum atomic E-state index is 13.5. The van der Waals surface area contributed by atoms with Gasteiger partial charge in [-0.05, 0) is 24.6 Å². The summed E-state index contributed by atoms with van der Waals surface area (Å²) in [7, 11) is -1.57. The Kier molecular flexibility index (Phi) is 5.89. The molecular weight excluding hydrogens is 326 g/mol. The van der Waals surface area contributed by atoms with Crippen LogP contribution in [0.3, 0.4) is 0 Å². The lowest BCUT2D eigenvalue weighted by Gasteiger charge is -2.16. The molecule has 1 aromatic carbocycles. The van der Waals surface area contributed by atoms with Gasteiger partial charge in [-0.3, -0.25) is 4.99 Å². The highest BCUT2D eigenvalue weighted by molar-refractivity contribution is 7.89. The molecule has 1 fully saturated rings. The van der Waals surface area contributed by atoms with Gasteiger partial charge in [0.2, 0.25) is 10.0 Å². The van der Waals surface area contributed by atoms with Crippen LogP contribution < -0.4 is 10.6 Å². The summed E-state index contributed by atoms with van der Waals surface area (Å²) in [5.74, 6) is -0.424. The number of nitrogens with one attached hydrogen (secondary N) is 2. The quantitative estimate of drug-likeness (QED) is 0.607. The fourth-order valence-corrected chi connectivity index (χ4v) is 3.85. The Bertz CT molecular complexity index is 679. The van der Waals surface area contributed by atoms with E-state index in [0.29, 0.717) is 32.0 Å². The third kappa shape index (κ3) is 4.87. The van der Waals surface area contributed by atoms with E-state index in [9.17, 15) is 17.2 Å². The number of hydrogen-bond donors (Lipinski definition) is 2. The monoisotopic (exact) mass is 346 g/mol. The Morgan fingerprint density at radius 2 is 2.13 bits per heavy atom. The summed E-state index contributed by atoms with van der Waals surface area (Å²) >= 11 is 0. The van der Waals surface area contributed by atoms with Crippen LogP contribution in [0.5, 0.6) is 0 Å². The van der Waals surface area contributed by atoms with Crippen molar-refractivity contribution < 1.29 is 17.2 Å². The average Bonchev–Trinajstić information content (AvgIpc) is 2.84. The minimum atomic E-state index is -3.12. The summed E-state index contributed by atoms with van der Waals surface area (Å²) in [5, 5.41) is 5.82.